The molecule has 2 heterocycles. The molecule has 0 aromatic carbocycles. The quantitative estimate of drug-likeness (QED) is 0.575. The van der Waals surface area contributed by atoms with E-state index in [-0.39, 0.29) is 34.1 Å². The maximum Gasteiger partial charge on any atom is 0.125 e. The van der Waals surface area contributed by atoms with Crippen LogP contribution in [0.2, 0.25) is 0 Å². The summed E-state index contributed by atoms with van der Waals surface area (Å²) in [5.74, 6) is 0.633. The van der Waals surface area contributed by atoms with Gasteiger partial charge in [0, 0.05) is 5.41 Å². The molecule has 3 N–H and O–H groups in total. The Hall–Kier alpha value is -0.200. The minimum atomic E-state index is -0.688. The van der Waals surface area contributed by atoms with E-state index < -0.39 is 18.3 Å². The van der Waals surface area contributed by atoms with E-state index in [2.05, 4.69) is 27.7 Å². The molecule has 25 heavy (non-hydrogen) atoms. The van der Waals surface area contributed by atoms with Gasteiger partial charge >= 0.3 is 0 Å². The maximum atomic E-state index is 10.6. The van der Waals surface area contributed by atoms with Crippen LogP contribution in [0.15, 0.2) is 0 Å². The number of hydrogen-bond acceptors (Lipinski definition) is 5. The lowest BCUT2D eigenvalue weighted by molar-refractivity contribution is -0.210. The number of aliphatic hydroxyl groups excluding tert-OH is 3. The summed E-state index contributed by atoms with van der Waals surface area (Å²) in [6.45, 7) is 9.05. The molecule has 3 aliphatic carbocycles. The first-order valence-corrected chi connectivity index (χ1v) is 9.92. The van der Waals surface area contributed by atoms with Gasteiger partial charge < -0.3 is 24.8 Å². The van der Waals surface area contributed by atoms with E-state index in [1.807, 2.05) is 0 Å². The second kappa shape index (κ2) is 4.61. The summed E-state index contributed by atoms with van der Waals surface area (Å²) in [5, 5.41) is 31.8. The number of ether oxygens (including phenoxy) is 2. The molecule has 0 amide bonds. The topological polar surface area (TPSA) is 82.5 Å². The molecule has 2 aliphatic heterocycles. The fourth-order valence-electron chi connectivity index (χ4n) is 7.81. The molecule has 0 unspecified atom stereocenters. The van der Waals surface area contributed by atoms with Gasteiger partial charge in [0.1, 0.15) is 5.60 Å². The van der Waals surface area contributed by atoms with Crippen molar-refractivity contribution in [2.75, 3.05) is 6.61 Å². The third kappa shape index (κ3) is 1.73. The molecule has 5 heteroatoms. The van der Waals surface area contributed by atoms with Crippen molar-refractivity contribution in [3.63, 3.8) is 0 Å². The van der Waals surface area contributed by atoms with E-state index in [1.165, 1.54) is 0 Å². The van der Waals surface area contributed by atoms with Crippen molar-refractivity contribution in [1.29, 1.82) is 0 Å². The molecule has 2 saturated heterocycles. The fraction of sp³-hybridized carbons (Fsp3) is 1.00. The summed E-state index contributed by atoms with van der Waals surface area (Å²) >= 11 is 0. The summed E-state index contributed by atoms with van der Waals surface area (Å²) < 4.78 is 12.5. The zero-order chi connectivity index (χ0) is 18.0. The van der Waals surface area contributed by atoms with Gasteiger partial charge in [0.25, 0.3) is 0 Å². The summed E-state index contributed by atoms with van der Waals surface area (Å²) in [4.78, 5) is 0. The van der Waals surface area contributed by atoms with Crippen molar-refractivity contribution in [2.45, 2.75) is 89.5 Å². The summed E-state index contributed by atoms with van der Waals surface area (Å²) in [6.07, 6.45) is 1.78. The van der Waals surface area contributed by atoms with E-state index >= 15 is 0 Å². The van der Waals surface area contributed by atoms with Crippen LogP contribution in [0.3, 0.4) is 0 Å². The first kappa shape index (κ1) is 16.9. The van der Waals surface area contributed by atoms with Gasteiger partial charge in [0.2, 0.25) is 0 Å². The normalized spacial score (nSPS) is 64.7. The molecular formula is C20H32O5. The number of epoxide rings is 1. The molecule has 5 rings (SSSR count). The van der Waals surface area contributed by atoms with Crippen molar-refractivity contribution >= 4 is 0 Å². The molecule has 0 bridgehead atoms. The van der Waals surface area contributed by atoms with E-state index in [0.29, 0.717) is 24.9 Å². The Morgan fingerprint density at radius 2 is 1.68 bits per heavy atom. The summed E-state index contributed by atoms with van der Waals surface area (Å²) in [6, 6.07) is 0. The Labute approximate surface area is 149 Å². The van der Waals surface area contributed by atoms with Crippen LogP contribution in [0.1, 0.15) is 53.4 Å². The summed E-state index contributed by atoms with van der Waals surface area (Å²) in [5.41, 5.74) is -0.931. The molecule has 0 radical (unpaired) electrons. The number of hydrogen-bond donors (Lipinski definition) is 3. The lowest BCUT2D eigenvalue weighted by Crippen LogP contribution is -2.67. The predicted octanol–water partition coefficient (Wildman–Crippen LogP) is 1.48. The number of aliphatic hydroxyl groups is 3. The van der Waals surface area contributed by atoms with Gasteiger partial charge in [-0.25, -0.2) is 0 Å². The molecule has 5 fully saturated rings. The third-order valence-electron chi connectivity index (χ3n) is 9.22. The highest BCUT2D eigenvalue weighted by atomic mass is 16.6. The molecule has 0 aromatic heterocycles. The second-order valence-electron chi connectivity index (χ2n) is 10.6. The van der Waals surface area contributed by atoms with Crippen molar-refractivity contribution in [3.05, 3.63) is 0 Å². The van der Waals surface area contributed by atoms with Crippen molar-refractivity contribution in [1.82, 2.24) is 0 Å². The zero-order valence-electron chi connectivity index (χ0n) is 15.7. The van der Waals surface area contributed by atoms with Gasteiger partial charge in [-0.3, -0.25) is 0 Å². The van der Waals surface area contributed by atoms with Gasteiger partial charge in [0.05, 0.1) is 37.1 Å². The standard InChI is InChI=1S/C20H32O5/c1-17(2)12-7-14-20(25-14)11(19(12,4)8-10(21)15(17)23)5-6-18(3)13(22)9-24-16(18)20/h10-16,21-23H,5-9H2,1-4H3/t10-,11-,12+,13-,14-,15+,16-,18+,19-,20+/m0/s1. The van der Waals surface area contributed by atoms with E-state index in [0.717, 1.165) is 19.3 Å². The Morgan fingerprint density at radius 3 is 2.40 bits per heavy atom. The van der Waals surface area contributed by atoms with Crippen molar-refractivity contribution < 1.29 is 24.8 Å². The first-order chi connectivity index (χ1) is 11.6. The predicted molar refractivity (Wildman–Crippen MR) is 90.8 cm³/mol. The molecule has 1 spiro atoms. The van der Waals surface area contributed by atoms with Crippen LogP contribution in [0.25, 0.3) is 0 Å². The van der Waals surface area contributed by atoms with Gasteiger partial charge in [0.15, 0.2) is 0 Å². The second-order valence-corrected chi connectivity index (χ2v) is 10.6. The minimum absolute atomic E-state index is 0.0522. The highest BCUT2D eigenvalue weighted by molar-refractivity contribution is 5.28. The molecule has 3 saturated carbocycles. The van der Waals surface area contributed by atoms with E-state index in [9.17, 15) is 15.3 Å². The first-order valence-electron chi connectivity index (χ1n) is 9.92. The smallest absolute Gasteiger partial charge is 0.125 e. The molecule has 142 valence electrons. The monoisotopic (exact) mass is 352 g/mol. The van der Waals surface area contributed by atoms with Crippen LogP contribution >= 0.6 is 0 Å². The largest absolute Gasteiger partial charge is 0.390 e. The number of fused-ring (bicyclic) bond motifs is 3. The number of rotatable bonds is 0. The SMILES string of the molecule is CC1(C)[C@H](O)[C@@H](O)C[C@]2(C)[C@@H]1C[C@@H]1O[C@]13[C@H]2CC[C@]1(C)[C@@H](O)CO[C@@H]13. The minimum Gasteiger partial charge on any atom is -0.390 e. The van der Waals surface area contributed by atoms with Crippen molar-refractivity contribution in [3.8, 4) is 0 Å². The van der Waals surface area contributed by atoms with Gasteiger partial charge in [-0.05, 0) is 48.3 Å². The lowest BCUT2D eigenvalue weighted by atomic mass is 9.41. The van der Waals surface area contributed by atoms with E-state index in [4.69, 9.17) is 9.47 Å². The molecule has 5 aliphatic rings. The average Bonchev–Trinajstić information content (AvgIpc) is 3.15. The Kier molecular flexibility index (Phi) is 3.12. The van der Waals surface area contributed by atoms with Crippen LogP contribution in [-0.4, -0.2) is 58.0 Å². The molecule has 0 aromatic rings. The van der Waals surface area contributed by atoms with Crippen LogP contribution in [0, 0.1) is 28.1 Å². The van der Waals surface area contributed by atoms with Gasteiger partial charge in [-0.15, -0.1) is 0 Å². The Balaban J connectivity index is 1.57. The molecule has 10 atom stereocenters. The van der Waals surface area contributed by atoms with Gasteiger partial charge in [-0.2, -0.15) is 0 Å². The van der Waals surface area contributed by atoms with Crippen LogP contribution < -0.4 is 0 Å². The molecular weight excluding hydrogens is 320 g/mol. The maximum absolute atomic E-state index is 10.6. The average molecular weight is 352 g/mol. The highest BCUT2D eigenvalue weighted by Crippen LogP contribution is 2.74. The fourth-order valence-corrected chi connectivity index (χ4v) is 7.81. The van der Waals surface area contributed by atoms with Gasteiger partial charge in [-0.1, -0.05) is 27.7 Å². The highest BCUT2D eigenvalue weighted by Gasteiger charge is 2.81. The Morgan fingerprint density at radius 1 is 0.960 bits per heavy atom. The van der Waals surface area contributed by atoms with Crippen molar-refractivity contribution in [2.24, 2.45) is 28.1 Å². The molecule has 5 nitrogen and oxygen atoms in total. The lowest BCUT2D eigenvalue weighted by Gasteiger charge is -2.63. The summed E-state index contributed by atoms with van der Waals surface area (Å²) in [7, 11) is 0. The third-order valence-corrected chi connectivity index (χ3v) is 9.22. The van der Waals surface area contributed by atoms with E-state index in [1.54, 1.807) is 0 Å². The zero-order valence-corrected chi connectivity index (χ0v) is 15.7. The Bertz CT molecular complexity index is 607. The van der Waals surface area contributed by atoms with Crippen LogP contribution in [0.4, 0.5) is 0 Å². The van der Waals surface area contributed by atoms with Crippen LogP contribution in [0.5, 0.6) is 0 Å². The van der Waals surface area contributed by atoms with Crippen LogP contribution in [-0.2, 0) is 9.47 Å².